The number of aromatic nitrogens is 1. The van der Waals surface area contributed by atoms with Gasteiger partial charge < -0.3 is 14.6 Å². The van der Waals surface area contributed by atoms with Crippen LogP contribution in [0, 0.1) is 6.92 Å². The van der Waals surface area contributed by atoms with Crippen LogP contribution in [0.25, 0.3) is 16.9 Å². The Balaban J connectivity index is 1.70. The molecular weight excluding hydrogens is 441 g/mol. The fourth-order valence-corrected chi connectivity index (χ4v) is 3.92. The molecule has 34 heavy (non-hydrogen) atoms. The van der Waals surface area contributed by atoms with Gasteiger partial charge in [-0.3, -0.25) is 4.79 Å². The number of benzene rings is 3. The highest BCUT2D eigenvalue weighted by Gasteiger charge is 2.30. The van der Waals surface area contributed by atoms with E-state index < -0.39 is 11.7 Å². The van der Waals surface area contributed by atoms with Gasteiger partial charge in [-0.05, 0) is 48.4 Å². The lowest BCUT2D eigenvalue weighted by atomic mass is 10.1. The first-order valence-electron chi connectivity index (χ1n) is 10.6. The highest BCUT2D eigenvalue weighted by Crippen LogP contribution is 2.34. The minimum absolute atomic E-state index is 0.0251. The number of carbonyl (C=O) groups excluding carboxylic acids is 1. The van der Waals surface area contributed by atoms with Crippen molar-refractivity contribution in [1.29, 1.82) is 0 Å². The minimum Gasteiger partial charge on any atom is -0.495 e. The Morgan fingerprint density at radius 2 is 1.65 bits per heavy atom. The Morgan fingerprint density at radius 3 is 2.35 bits per heavy atom. The number of para-hydroxylation sites is 2. The zero-order chi connectivity index (χ0) is 24.3. The van der Waals surface area contributed by atoms with Crippen LogP contribution in [0.3, 0.4) is 0 Å². The van der Waals surface area contributed by atoms with Crippen molar-refractivity contribution in [2.24, 2.45) is 0 Å². The van der Waals surface area contributed by atoms with Gasteiger partial charge in [0.2, 0.25) is 0 Å². The van der Waals surface area contributed by atoms with E-state index in [0.717, 1.165) is 29.1 Å². The number of carbonyl (C=O) groups is 1. The van der Waals surface area contributed by atoms with E-state index >= 15 is 0 Å². The number of nitrogens with zero attached hydrogens (tertiary/aromatic N) is 1. The lowest BCUT2D eigenvalue weighted by Gasteiger charge is -2.15. The summed E-state index contributed by atoms with van der Waals surface area (Å²) >= 11 is 0. The molecule has 174 valence electrons. The van der Waals surface area contributed by atoms with Gasteiger partial charge in [-0.15, -0.1) is 0 Å². The van der Waals surface area contributed by atoms with Gasteiger partial charge in [0.1, 0.15) is 5.75 Å². The minimum atomic E-state index is -4.44. The standard InChI is InChI=1S/C27H23F3N2O2/c1-18-22(26(33)31-17-19-9-8-12-21(15-19)27(28,29)30)16-24(20-10-4-3-5-11-20)32(18)23-13-6-7-14-25(23)34-2/h3-16H,17H2,1-2H3,(H,31,33). The van der Waals surface area contributed by atoms with Crippen molar-refractivity contribution in [3.8, 4) is 22.7 Å². The molecule has 4 aromatic rings. The van der Waals surface area contributed by atoms with E-state index in [9.17, 15) is 18.0 Å². The van der Waals surface area contributed by atoms with Crippen LogP contribution in [0.5, 0.6) is 5.75 Å². The van der Waals surface area contributed by atoms with Crippen LogP contribution >= 0.6 is 0 Å². The van der Waals surface area contributed by atoms with Crippen molar-refractivity contribution in [3.63, 3.8) is 0 Å². The number of hydrogen-bond acceptors (Lipinski definition) is 2. The van der Waals surface area contributed by atoms with Gasteiger partial charge >= 0.3 is 6.18 Å². The summed E-state index contributed by atoms with van der Waals surface area (Å²) in [6.07, 6.45) is -4.44. The molecule has 0 spiro atoms. The molecule has 0 aliphatic heterocycles. The smallest absolute Gasteiger partial charge is 0.416 e. The maximum Gasteiger partial charge on any atom is 0.416 e. The van der Waals surface area contributed by atoms with Gasteiger partial charge in [-0.1, -0.05) is 54.6 Å². The lowest BCUT2D eigenvalue weighted by Crippen LogP contribution is -2.23. The van der Waals surface area contributed by atoms with Crippen LogP contribution in [0.15, 0.2) is 84.9 Å². The molecule has 7 heteroatoms. The topological polar surface area (TPSA) is 43.3 Å². The predicted molar refractivity (Wildman–Crippen MR) is 125 cm³/mol. The Morgan fingerprint density at radius 1 is 0.941 bits per heavy atom. The van der Waals surface area contributed by atoms with Gasteiger partial charge in [-0.2, -0.15) is 13.2 Å². The molecule has 0 fully saturated rings. The normalized spacial score (nSPS) is 11.3. The molecule has 0 atom stereocenters. The molecule has 1 N–H and O–H groups in total. The quantitative estimate of drug-likeness (QED) is 0.358. The number of hydrogen-bond donors (Lipinski definition) is 1. The van der Waals surface area contributed by atoms with Gasteiger partial charge in [0.05, 0.1) is 29.6 Å². The third kappa shape index (κ3) is 4.69. The summed E-state index contributed by atoms with van der Waals surface area (Å²) in [5.41, 5.74) is 3.22. The number of nitrogens with one attached hydrogen (secondary N) is 1. The highest BCUT2D eigenvalue weighted by molar-refractivity contribution is 5.97. The molecule has 4 nitrogen and oxygen atoms in total. The summed E-state index contributed by atoms with van der Waals surface area (Å²) in [6.45, 7) is 1.81. The second-order valence-corrected chi connectivity index (χ2v) is 7.78. The number of methoxy groups -OCH3 is 1. The van der Waals surface area contributed by atoms with E-state index in [2.05, 4.69) is 5.32 Å². The van der Waals surface area contributed by atoms with Crippen molar-refractivity contribution in [3.05, 3.63) is 107 Å². The van der Waals surface area contributed by atoms with Crippen LogP contribution < -0.4 is 10.1 Å². The molecule has 1 aromatic heterocycles. The average Bonchev–Trinajstić information content (AvgIpc) is 3.19. The zero-order valence-electron chi connectivity index (χ0n) is 18.7. The van der Waals surface area contributed by atoms with Crippen LogP contribution in [0.1, 0.15) is 27.2 Å². The van der Waals surface area contributed by atoms with Crippen molar-refractivity contribution in [2.75, 3.05) is 7.11 Å². The number of amides is 1. The van der Waals surface area contributed by atoms with Crippen LogP contribution in [-0.2, 0) is 12.7 Å². The van der Waals surface area contributed by atoms with Crippen molar-refractivity contribution >= 4 is 5.91 Å². The molecule has 0 radical (unpaired) electrons. The van der Waals surface area contributed by atoms with Crippen molar-refractivity contribution in [2.45, 2.75) is 19.6 Å². The molecule has 4 rings (SSSR count). The summed E-state index contributed by atoms with van der Waals surface area (Å²) in [5, 5.41) is 2.76. The van der Waals surface area contributed by atoms with E-state index in [1.54, 1.807) is 19.2 Å². The van der Waals surface area contributed by atoms with E-state index in [1.807, 2.05) is 66.1 Å². The second kappa shape index (κ2) is 9.47. The molecular formula is C27H23F3N2O2. The molecule has 3 aromatic carbocycles. The van der Waals surface area contributed by atoms with E-state index in [-0.39, 0.29) is 12.5 Å². The monoisotopic (exact) mass is 464 g/mol. The third-order valence-electron chi connectivity index (χ3n) is 5.59. The van der Waals surface area contributed by atoms with Crippen LogP contribution in [0.4, 0.5) is 13.2 Å². The van der Waals surface area contributed by atoms with E-state index in [1.165, 1.54) is 6.07 Å². The summed E-state index contributed by atoms with van der Waals surface area (Å²) in [7, 11) is 1.59. The Labute approximate surface area is 195 Å². The largest absolute Gasteiger partial charge is 0.495 e. The molecule has 1 heterocycles. The summed E-state index contributed by atoms with van der Waals surface area (Å²) in [6, 6.07) is 23.9. The third-order valence-corrected chi connectivity index (χ3v) is 5.59. The fraction of sp³-hybridized carbons (Fsp3) is 0.148. The van der Waals surface area contributed by atoms with E-state index in [4.69, 9.17) is 4.74 Å². The number of rotatable bonds is 6. The van der Waals surface area contributed by atoms with Gasteiger partial charge in [0, 0.05) is 12.2 Å². The predicted octanol–water partition coefficient (Wildman–Crippen LogP) is 6.41. The first kappa shape index (κ1) is 23.2. The SMILES string of the molecule is COc1ccccc1-n1c(-c2ccccc2)cc(C(=O)NCc2cccc(C(F)(F)F)c2)c1C. The molecule has 0 aliphatic rings. The van der Waals surface area contributed by atoms with Gasteiger partial charge in [-0.25, -0.2) is 0 Å². The molecule has 1 amide bonds. The Kier molecular flexibility index (Phi) is 6.45. The zero-order valence-corrected chi connectivity index (χ0v) is 18.7. The van der Waals surface area contributed by atoms with Gasteiger partial charge in [0.15, 0.2) is 0 Å². The highest BCUT2D eigenvalue weighted by atomic mass is 19.4. The van der Waals surface area contributed by atoms with Gasteiger partial charge in [0.25, 0.3) is 5.91 Å². The first-order chi connectivity index (χ1) is 16.3. The fourth-order valence-electron chi connectivity index (χ4n) is 3.92. The number of ether oxygens (including phenoxy) is 1. The molecule has 0 bridgehead atoms. The Bertz CT molecular complexity index is 1310. The Hall–Kier alpha value is -4.00. The van der Waals surface area contributed by atoms with Crippen LogP contribution in [0.2, 0.25) is 0 Å². The summed E-state index contributed by atoms with van der Waals surface area (Å²) in [4.78, 5) is 13.1. The molecule has 0 saturated carbocycles. The van der Waals surface area contributed by atoms with Crippen molar-refractivity contribution in [1.82, 2.24) is 9.88 Å². The number of halogens is 3. The van der Waals surface area contributed by atoms with E-state index in [0.29, 0.717) is 22.6 Å². The first-order valence-corrected chi connectivity index (χ1v) is 10.6. The summed E-state index contributed by atoms with van der Waals surface area (Å²) < 4.78 is 46.5. The van der Waals surface area contributed by atoms with Crippen molar-refractivity contribution < 1.29 is 22.7 Å². The average molecular weight is 464 g/mol. The lowest BCUT2D eigenvalue weighted by molar-refractivity contribution is -0.137. The number of alkyl halides is 3. The second-order valence-electron chi connectivity index (χ2n) is 7.78. The maximum absolute atomic E-state index is 13.1. The summed E-state index contributed by atoms with van der Waals surface area (Å²) in [5.74, 6) is 0.273. The maximum atomic E-state index is 13.1. The molecule has 0 aliphatic carbocycles. The van der Waals surface area contributed by atoms with Crippen LogP contribution in [-0.4, -0.2) is 17.6 Å². The molecule has 0 unspecified atom stereocenters. The molecule has 0 saturated heterocycles.